The number of hydrogen-bond donors (Lipinski definition) is 1. The van der Waals surface area contributed by atoms with Crippen LogP contribution < -0.4 is 10.1 Å². The number of hydrogen-bond acceptors (Lipinski definition) is 11. The Morgan fingerprint density at radius 3 is 2.44 bits per heavy atom. The Balaban J connectivity index is 1.50. The van der Waals surface area contributed by atoms with Gasteiger partial charge in [-0.25, -0.2) is 4.79 Å². The number of carbonyl (C=O) groups excluding carboxylic acids is 3. The maximum absolute atomic E-state index is 13.0. The lowest BCUT2D eigenvalue weighted by molar-refractivity contribution is -0.384. The molecule has 2 amide bonds. The molecular formula is C23H21N3O11S2. The van der Waals surface area contributed by atoms with Crippen molar-refractivity contribution in [2.75, 3.05) is 18.6 Å². The molecule has 0 aliphatic carbocycles. The molecule has 0 bridgehead atoms. The Morgan fingerprint density at radius 2 is 1.82 bits per heavy atom. The standard InChI is InChI=1S/C23H21N3O11S2/c1-39(33,34)37-17-13-38(32)22-19(24-18(27)12-35-16-5-3-2-4-6-16)21(28)25(22)20(17)23(29)36-11-14-7-9-15(10-8-14)26(30)31/h2-10,19,22H,11-13H2,1H3,(H,24,27)/t19?,22-,38?/m0/s1. The number of carbonyl (C=O) groups is 3. The third kappa shape index (κ3) is 6.40. The highest BCUT2D eigenvalue weighted by molar-refractivity contribution is 7.87. The number of rotatable bonds is 10. The quantitative estimate of drug-likeness (QED) is 0.134. The SMILES string of the molecule is CS(=O)(=O)OC1=C(C(=O)OCc2ccc([N+](=O)[O-])cc2)N2C(=O)C(NC(=O)COc3ccccc3)[C@@H]2S(=O)C1. The van der Waals surface area contributed by atoms with E-state index in [9.17, 15) is 37.1 Å². The monoisotopic (exact) mass is 579 g/mol. The Labute approximate surface area is 224 Å². The first-order valence-electron chi connectivity index (χ1n) is 11.1. The summed E-state index contributed by atoms with van der Waals surface area (Å²) in [4.78, 5) is 49.4. The van der Waals surface area contributed by atoms with E-state index in [2.05, 4.69) is 5.32 Å². The van der Waals surface area contributed by atoms with Gasteiger partial charge in [0, 0.05) is 12.1 Å². The highest BCUT2D eigenvalue weighted by Crippen LogP contribution is 2.36. The number of esters is 1. The van der Waals surface area contributed by atoms with Gasteiger partial charge < -0.3 is 19.0 Å². The summed E-state index contributed by atoms with van der Waals surface area (Å²) < 4.78 is 51.9. The van der Waals surface area contributed by atoms with E-state index in [0.29, 0.717) is 17.6 Å². The minimum Gasteiger partial charge on any atom is -0.484 e. The summed E-state index contributed by atoms with van der Waals surface area (Å²) in [6, 6.07) is 12.3. The Morgan fingerprint density at radius 1 is 1.15 bits per heavy atom. The van der Waals surface area contributed by atoms with Crippen molar-refractivity contribution < 1.29 is 45.6 Å². The molecule has 2 heterocycles. The molecule has 0 aromatic heterocycles. The molecule has 1 N–H and O–H groups in total. The van der Waals surface area contributed by atoms with Crippen LogP contribution in [0.5, 0.6) is 5.75 Å². The van der Waals surface area contributed by atoms with E-state index in [4.69, 9.17) is 13.7 Å². The molecule has 1 fully saturated rings. The summed E-state index contributed by atoms with van der Waals surface area (Å²) in [5.74, 6) is -3.35. The molecule has 39 heavy (non-hydrogen) atoms. The smallest absolute Gasteiger partial charge is 0.359 e. The van der Waals surface area contributed by atoms with Gasteiger partial charge in [0.25, 0.3) is 17.5 Å². The van der Waals surface area contributed by atoms with Gasteiger partial charge in [-0.1, -0.05) is 18.2 Å². The normalized spacial score (nSPS) is 20.4. The highest BCUT2D eigenvalue weighted by Gasteiger charge is 2.58. The molecule has 1 saturated heterocycles. The number of fused-ring (bicyclic) bond motifs is 1. The van der Waals surface area contributed by atoms with Crippen LogP contribution in [-0.2, 0) is 50.8 Å². The molecule has 3 atom stereocenters. The van der Waals surface area contributed by atoms with Gasteiger partial charge in [0.15, 0.2) is 18.1 Å². The fourth-order valence-electron chi connectivity index (χ4n) is 3.79. The van der Waals surface area contributed by atoms with Crippen molar-refractivity contribution in [3.05, 3.63) is 81.7 Å². The van der Waals surface area contributed by atoms with Crippen LogP contribution >= 0.6 is 0 Å². The van der Waals surface area contributed by atoms with E-state index in [1.807, 2.05) is 0 Å². The predicted molar refractivity (Wildman–Crippen MR) is 133 cm³/mol. The molecule has 0 saturated carbocycles. The maximum Gasteiger partial charge on any atom is 0.359 e. The molecule has 14 nitrogen and oxygen atoms in total. The lowest BCUT2D eigenvalue weighted by atomic mass is 10.0. The van der Waals surface area contributed by atoms with Crippen molar-refractivity contribution in [2.45, 2.75) is 18.0 Å². The van der Waals surface area contributed by atoms with Crippen molar-refractivity contribution in [3.63, 3.8) is 0 Å². The van der Waals surface area contributed by atoms with Gasteiger partial charge in [0.05, 0.1) is 27.7 Å². The first-order chi connectivity index (χ1) is 18.4. The van der Waals surface area contributed by atoms with Crippen molar-refractivity contribution in [2.24, 2.45) is 0 Å². The van der Waals surface area contributed by atoms with Crippen LogP contribution in [0.15, 0.2) is 66.1 Å². The molecule has 2 aromatic carbocycles. The molecule has 4 rings (SSSR count). The predicted octanol–water partition coefficient (Wildman–Crippen LogP) is 0.320. The summed E-state index contributed by atoms with van der Waals surface area (Å²) in [6.07, 6.45) is 0.711. The van der Waals surface area contributed by atoms with Gasteiger partial charge in [-0.05, 0) is 29.8 Å². The average molecular weight is 580 g/mol. The lowest BCUT2D eigenvalue weighted by Crippen LogP contribution is -2.74. The van der Waals surface area contributed by atoms with E-state index in [0.717, 1.165) is 4.90 Å². The van der Waals surface area contributed by atoms with E-state index in [-0.39, 0.29) is 12.3 Å². The van der Waals surface area contributed by atoms with Crippen LogP contribution in [0, 0.1) is 10.1 Å². The first-order valence-corrected chi connectivity index (χ1v) is 14.3. The van der Waals surface area contributed by atoms with Crippen LogP contribution in [-0.4, -0.2) is 70.3 Å². The van der Waals surface area contributed by atoms with E-state index in [1.54, 1.807) is 30.3 Å². The summed E-state index contributed by atoms with van der Waals surface area (Å²) in [6.45, 7) is -0.811. The van der Waals surface area contributed by atoms with Gasteiger partial charge in [-0.3, -0.25) is 28.8 Å². The number of nitro benzene ring substituents is 1. The molecular weight excluding hydrogens is 558 g/mol. The van der Waals surface area contributed by atoms with Crippen LogP contribution in [0.25, 0.3) is 0 Å². The van der Waals surface area contributed by atoms with E-state index >= 15 is 0 Å². The Bertz CT molecular complexity index is 1470. The summed E-state index contributed by atoms with van der Waals surface area (Å²) in [5, 5.41) is 12.1. The molecule has 2 aromatic rings. The number of β-lactam (4-membered cyclic amide) rings is 1. The second-order valence-electron chi connectivity index (χ2n) is 8.33. The van der Waals surface area contributed by atoms with Crippen LogP contribution in [0.2, 0.25) is 0 Å². The highest BCUT2D eigenvalue weighted by atomic mass is 32.2. The average Bonchev–Trinajstić information content (AvgIpc) is 2.89. The number of para-hydroxylation sites is 1. The minimum absolute atomic E-state index is 0.178. The number of non-ortho nitro benzene ring substituents is 1. The largest absolute Gasteiger partial charge is 0.484 e. The second kappa shape index (κ2) is 11.2. The third-order valence-electron chi connectivity index (χ3n) is 5.48. The maximum atomic E-state index is 13.0. The molecule has 0 spiro atoms. The fourth-order valence-corrected chi connectivity index (χ4v) is 5.93. The zero-order valence-corrected chi connectivity index (χ0v) is 21.8. The Kier molecular flexibility index (Phi) is 7.96. The molecule has 0 radical (unpaired) electrons. The lowest BCUT2D eigenvalue weighted by Gasteiger charge is -2.48. The van der Waals surface area contributed by atoms with Crippen molar-refractivity contribution in [3.8, 4) is 5.75 Å². The number of amides is 2. The van der Waals surface area contributed by atoms with Gasteiger partial charge in [0.2, 0.25) is 0 Å². The molecule has 2 unspecified atom stereocenters. The number of nitrogens with zero attached hydrogens (tertiary/aromatic N) is 2. The zero-order chi connectivity index (χ0) is 28.3. The Hall–Kier alpha value is -4.31. The van der Waals surface area contributed by atoms with Crippen molar-refractivity contribution >= 4 is 44.4 Å². The topological polar surface area (TPSA) is 189 Å². The van der Waals surface area contributed by atoms with Crippen LogP contribution in [0.4, 0.5) is 5.69 Å². The van der Waals surface area contributed by atoms with Gasteiger partial charge >= 0.3 is 16.1 Å². The molecule has 2 aliphatic rings. The number of benzene rings is 2. The molecule has 206 valence electrons. The van der Waals surface area contributed by atoms with Gasteiger partial charge in [-0.2, -0.15) is 8.42 Å². The van der Waals surface area contributed by atoms with Crippen molar-refractivity contribution in [1.82, 2.24) is 10.2 Å². The summed E-state index contributed by atoms with van der Waals surface area (Å²) in [7, 11) is -6.14. The van der Waals surface area contributed by atoms with Crippen LogP contribution in [0.3, 0.4) is 0 Å². The minimum atomic E-state index is -4.18. The molecule has 2 aliphatic heterocycles. The third-order valence-corrected chi connectivity index (χ3v) is 7.56. The summed E-state index contributed by atoms with van der Waals surface area (Å²) in [5.41, 5.74) is -0.375. The first kappa shape index (κ1) is 27.7. The number of nitrogens with one attached hydrogen (secondary N) is 1. The van der Waals surface area contributed by atoms with E-state index in [1.165, 1.54) is 24.3 Å². The van der Waals surface area contributed by atoms with Crippen molar-refractivity contribution in [1.29, 1.82) is 0 Å². The second-order valence-corrected chi connectivity index (χ2v) is 11.4. The van der Waals surface area contributed by atoms with Gasteiger partial charge in [0.1, 0.15) is 23.8 Å². The number of nitro groups is 1. The van der Waals surface area contributed by atoms with E-state index < -0.39 is 78.9 Å². The van der Waals surface area contributed by atoms with Crippen LogP contribution in [0.1, 0.15) is 5.56 Å². The number of ether oxygens (including phenoxy) is 2. The van der Waals surface area contributed by atoms with Gasteiger partial charge in [-0.15, -0.1) is 0 Å². The molecule has 16 heteroatoms. The fraction of sp³-hybridized carbons (Fsp3) is 0.261. The summed E-state index contributed by atoms with van der Waals surface area (Å²) >= 11 is 0. The zero-order valence-electron chi connectivity index (χ0n) is 20.2.